The largest absolute Gasteiger partial charge is 0.384 e. The van der Waals surface area contributed by atoms with E-state index in [4.69, 9.17) is 5.73 Å². The molecule has 2 N–H and O–H groups in total. The maximum atomic E-state index is 5.51. The van der Waals surface area contributed by atoms with Crippen LogP contribution in [0.5, 0.6) is 0 Å². The van der Waals surface area contributed by atoms with Crippen molar-refractivity contribution >= 4 is 5.82 Å². The van der Waals surface area contributed by atoms with Crippen molar-refractivity contribution in [1.82, 2.24) is 14.8 Å². The van der Waals surface area contributed by atoms with Crippen molar-refractivity contribution in [2.75, 3.05) is 5.73 Å². The van der Waals surface area contributed by atoms with Crippen LogP contribution in [0.15, 0.2) is 36.7 Å². The van der Waals surface area contributed by atoms with Gasteiger partial charge in [-0.2, -0.15) is 5.10 Å². The van der Waals surface area contributed by atoms with Gasteiger partial charge in [-0.15, -0.1) is 0 Å². The molecule has 0 bridgehead atoms. The molecular formula is C8H8N4. The summed E-state index contributed by atoms with van der Waals surface area (Å²) in [5, 5.41) is 4.03. The summed E-state index contributed by atoms with van der Waals surface area (Å²) >= 11 is 0. The maximum absolute atomic E-state index is 5.51. The summed E-state index contributed by atoms with van der Waals surface area (Å²) < 4.78 is 1.66. The molecule has 60 valence electrons. The lowest BCUT2D eigenvalue weighted by Crippen LogP contribution is -1.99. The Morgan fingerprint density at radius 1 is 1.25 bits per heavy atom. The Morgan fingerprint density at radius 3 is 2.83 bits per heavy atom. The van der Waals surface area contributed by atoms with Crippen molar-refractivity contribution < 1.29 is 0 Å². The highest BCUT2D eigenvalue weighted by molar-refractivity contribution is 5.34. The van der Waals surface area contributed by atoms with Gasteiger partial charge in [0.25, 0.3) is 0 Å². The number of hydrogen-bond acceptors (Lipinski definition) is 3. The second-order valence-corrected chi connectivity index (χ2v) is 2.37. The van der Waals surface area contributed by atoms with Gasteiger partial charge in [0.2, 0.25) is 0 Å². The fourth-order valence-corrected chi connectivity index (χ4v) is 0.972. The van der Waals surface area contributed by atoms with E-state index in [9.17, 15) is 0 Å². The number of nitrogens with two attached hydrogens (primary N) is 1. The van der Waals surface area contributed by atoms with Gasteiger partial charge in [-0.3, -0.25) is 0 Å². The molecule has 0 saturated carbocycles. The van der Waals surface area contributed by atoms with Crippen molar-refractivity contribution in [3.63, 3.8) is 0 Å². The van der Waals surface area contributed by atoms with Crippen LogP contribution in [0.25, 0.3) is 5.82 Å². The van der Waals surface area contributed by atoms with Gasteiger partial charge in [0, 0.05) is 12.4 Å². The van der Waals surface area contributed by atoms with E-state index in [0.29, 0.717) is 5.82 Å². The van der Waals surface area contributed by atoms with Crippen LogP contribution in [-0.4, -0.2) is 14.8 Å². The summed E-state index contributed by atoms with van der Waals surface area (Å²) in [5.41, 5.74) is 5.51. The van der Waals surface area contributed by atoms with Crippen molar-refractivity contribution in [3.05, 3.63) is 36.7 Å². The molecule has 0 aromatic carbocycles. The van der Waals surface area contributed by atoms with E-state index in [1.165, 1.54) is 0 Å². The van der Waals surface area contributed by atoms with Gasteiger partial charge in [0.05, 0.1) is 0 Å². The smallest absolute Gasteiger partial charge is 0.155 e. The third-order valence-corrected chi connectivity index (χ3v) is 1.50. The quantitative estimate of drug-likeness (QED) is 0.672. The molecule has 2 rings (SSSR count). The molecular weight excluding hydrogens is 152 g/mol. The van der Waals surface area contributed by atoms with E-state index in [1.807, 2.05) is 24.4 Å². The van der Waals surface area contributed by atoms with Gasteiger partial charge in [0.1, 0.15) is 5.82 Å². The Kier molecular flexibility index (Phi) is 1.51. The molecule has 2 aromatic rings. The Morgan fingerprint density at radius 2 is 2.17 bits per heavy atom. The van der Waals surface area contributed by atoms with Gasteiger partial charge in [0.15, 0.2) is 5.82 Å². The van der Waals surface area contributed by atoms with Gasteiger partial charge in [-0.1, -0.05) is 6.07 Å². The van der Waals surface area contributed by atoms with E-state index in [-0.39, 0.29) is 0 Å². The highest BCUT2D eigenvalue weighted by Crippen LogP contribution is 2.04. The van der Waals surface area contributed by atoms with Gasteiger partial charge >= 0.3 is 0 Å². The summed E-state index contributed by atoms with van der Waals surface area (Å²) in [6, 6.07) is 7.28. The molecule has 0 radical (unpaired) electrons. The average Bonchev–Trinajstić information content (AvgIpc) is 2.56. The molecule has 4 nitrogen and oxygen atoms in total. The Labute approximate surface area is 69.7 Å². The predicted molar refractivity (Wildman–Crippen MR) is 45.8 cm³/mol. The lowest BCUT2D eigenvalue weighted by Gasteiger charge is -1.99. The number of pyridine rings is 1. The monoisotopic (exact) mass is 160 g/mol. The van der Waals surface area contributed by atoms with Crippen LogP contribution in [-0.2, 0) is 0 Å². The minimum absolute atomic E-state index is 0.503. The first-order chi connectivity index (χ1) is 5.86. The number of anilines is 1. The predicted octanol–water partition coefficient (Wildman–Crippen LogP) is 0.849. The third-order valence-electron chi connectivity index (χ3n) is 1.50. The second-order valence-electron chi connectivity index (χ2n) is 2.37. The summed E-state index contributed by atoms with van der Waals surface area (Å²) in [5.74, 6) is 1.24. The standard InChI is InChI=1S/C8H8N4/c9-7-3-1-4-8(11-7)12-6-2-5-10-12/h1-6H,(H2,9,11). The van der Waals surface area contributed by atoms with Crippen LogP contribution in [0.2, 0.25) is 0 Å². The summed E-state index contributed by atoms with van der Waals surface area (Å²) in [7, 11) is 0. The number of hydrogen-bond donors (Lipinski definition) is 1. The molecule has 0 saturated heterocycles. The number of aromatic nitrogens is 3. The summed E-state index contributed by atoms with van der Waals surface area (Å²) in [4.78, 5) is 4.09. The molecule has 0 fully saturated rings. The highest BCUT2D eigenvalue weighted by atomic mass is 15.3. The van der Waals surface area contributed by atoms with Crippen LogP contribution in [0.4, 0.5) is 5.82 Å². The minimum atomic E-state index is 0.503. The lowest BCUT2D eigenvalue weighted by molar-refractivity contribution is 0.849. The first-order valence-electron chi connectivity index (χ1n) is 3.59. The molecule has 0 unspecified atom stereocenters. The molecule has 0 amide bonds. The molecule has 0 aliphatic rings. The minimum Gasteiger partial charge on any atom is -0.384 e. The van der Waals surface area contributed by atoms with Gasteiger partial charge < -0.3 is 5.73 Å². The Hall–Kier alpha value is -1.84. The Balaban J connectivity index is 2.48. The molecule has 2 heterocycles. The first kappa shape index (κ1) is 6.84. The van der Waals surface area contributed by atoms with Gasteiger partial charge in [-0.05, 0) is 18.2 Å². The van der Waals surface area contributed by atoms with E-state index < -0.39 is 0 Å². The van der Waals surface area contributed by atoms with Crippen LogP contribution < -0.4 is 5.73 Å². The molecule has 2 aromatic heterocycles. The summed E-state index contributed by atoms with van der Waals surface area (Å²) in [6.45, 7) is 0. The Bertz CT molecular complexity index is 366. The molecule has 0 spiro atoms. The topological polar surface area (TPSA) is 56.7 Å². The van der Waals surface area contributed by atoms with Gasteiger partial charge in [-0.25, -0.2) is 9.67 Å². The molecule has 12 heavy (non-hydrogen) atoms. The van der Waals surface area contributed by atoms with Crippen molar-refractivity contribution in [2.45, 2.75) is 0 Å². The number of nitrogen functional groups attached to an aromatic ring is 1. The fraction of sp³-hybridized carbons (Fsp3) is 0. The fourth-order valence-electron chi connectivity index (χ4n) is 0.972. The normalized spacial score (nSPS) is 10.0. The van der Waals surface area contributed by atoms with E-state index in [0.717, 1.165) is 5.82 Å². The molecule has 4 heteroatoms. The lowest BCUT2D eigenvalue weighted by atomic mass is 10.4. The van der Waals surface area contributed by atoms with E-state index in [1.54, 1.807) is 16.9 Å². The van der Waals surface area contributed by atoms with Crippen molar-refractivity contribution in [2.24, 2.45) is 0 Å². The summed E-state index contributed by atoms with van der Waals surface area (Å²) in [6.07, 6.45) is 3.52. The van der Waals surface area contributed by atoms with E-state index >= 15 is 0 Å². The molecule has 0 aliphatic carbocycles. The molecule has 0 aliphatic heterocycles. The van der Waals surface area contributed by atoms with E-state index in [2.05, 4.69) is 10.1 Å². The van der Waals surface area contributed by atoms with Crippen LogP contribution in [0, 0.1) is 0 Å². The third kappa shape index (κ3) is 1.14. The maximum Gasteiger partial charge on any atom is 0.155 e. The van der Waals surface area contributed by atoms with Crippen molar-refractivity contribution in [3.8, 4) is 5.82 Å². The van der Waals surface area contributed by atoms with Crippen LogP contribution in [0.3, 0.4) is 0 Å². The molecule has 0 atom stereocenters. The zero-order valence-electron chi connectivity index (χ0n) is 6.38. The highest BCUT2D eigenvalue weighted by Gasteiger charge is 1.95. The SMILES string of the molecule is Nc1cccc(-n2cccn2)n1. The average molecular weight is 160 g/mol. The van der Waals surface area contributed by atoms with Crippen molar-refractivity contribution in [1.29, 1.82) is 0 Å². The second kappa shape index (κ2) is 2.65. The first-order valence-corrected chi connectivity index (χ1v) is 3.59. The zero-order valence-corrected chi connectivity index (χ0v) is 6.38. The zero-order chi connectivity index (χ0) is 8.39. The van der Waals surface area contributed by atoms with Crippen LogP contribution >= 0.6 is 0 Å². The van der Waals surface area contributed by atoms with Crippen LogP contribution in [0.1, 0.15) is 0 Å². The number of nitrogens with zero attached hydrogens (tertiary/aromatic N) is 3. The number of rotatable bonds is 1.